The quantitative estimate of drug-likeness (QED) is 0.391. The highest BCUT2D eigenvalue weighted by atomic mass is 35.5. The molecule has 1 spiro atoms. The van der Waals surface area contributed by atoms with Gasteiger partial charge in [-0.2, -0.15) is 0 Å². The molecule has 2 aromatic carbocycles. The Bertz CT molecular complexity index is 1540. The van der Waals surface area contributed by atoms with Gasteiger partial charge in [-0.1, -0.05) is 78.4 Å². The minimum atomic E-state index is -1.52. The van der Waals surface area contributed by atoms with Gasteiger partial charge in [0, 0.05) is 19.5 Å². The Hall–Kier alpha value is -3.99. The smallest absolute Gasteiger partial charge is 0.313 e. The van der Waals surface area contributed by atoms with Crippen molar-refractivity contribution in [3.05, 3.63) is 89.0 Å². The second-order valence-electron chi connectivity index (χ2n) is 11.9. The van der Waals surface area contributed by atoms with Crippen molar-refractivity contribution in [3.8, 4) is 0 Å². The van der Waals surface area contributed by atoms with Crippen LogP contribution in [-0.4, -0.2) is 77.2 Å². The van der Waals surface area contributed by atoms with Gasteiger partial charge in [-0.15, -0.1) is 0 Å². The largest absolute Gasteiger partial charge is 0.455 e. The van der Waals surface area contributed by atoms with Crippen LogP contribution in [0, 0.1) is 18.8 Å². The lowest BCUT2D eigenvalue weighted by molar-refractivity contribution is -0.161. The van der Waals surface area contributed by atoms with E-state index in [1.54, 1.807) is 43.4 Å². The Morgan fingerprint density at radius 2 is 1.82 bits per heavy atom. The standard InChI is InChI=1S/C34H36ClN3O7/c1-20-10-8-13-23(35)28(20)37-17-9-16-34-27(31(41)38(18-19-39)30(34)32(37)42)26-24(45-34)14-6-7-15-25(40)36-21(2)29(44-33(26)43)22-11-4-3-5-12-22/h3-6,8-14,16,21,24,26-27,29-30,39H,7,15,17-19H2,1-2H3,(H,36,40)/b14-6-/t21-,24-,26+,27+,29+,30-,34+/m0/s1. The van der Waals surface area contributed by atoms with E-state index in [2.05, 4.69) is 5.32 Å². The molecule has 7 atom stereocenters. The molecule has 0 radical (unpaired) electrons. The number of carbonyl (C=O) groups excluding carboxylic acids is 4. The highest BCUT2D eigenvalue weighted by molar-refractivity contribution is 6.34. The van der Waals surface area contributed by atoms with Crippen LogP contribution >= 0.6 is 11.6 Å². The number of nitrogens with zero attached hydrogens (tertiary/aromatic N) is 2. The number of aliphatic hydroxyl groups is 1. The predicted octanol–water partition coefficient (Wildman–Crippen LogP) is 3.26. The van der Waals surface area contributed by atoms with Gasteiger partial charge in [-0.3, -0.25) is 19.2 Å². The van der Waals surface area contributed by atoms with E-state index in [0.717, 1.165) is 5.56 Å². The summed E-state index contributed by atoms with van der Waals surface area (Å²) in [5.74, 6) is -3.98. The molecule has 0 aliphatic carbocycles. The fraction of sp³-hybridized carbons (Fsp3) is 0.412. The number of likely N-dealkylation sites (tertiary alicyclic amines) is 1. The lowest BCUT2D eigenvalue weighted by Gasteiger charge is -2.35. The highest BCUT2D eigenvalue weighted by Gasteiger charge is 2.72. The molecular weight excluding hydrogens is 598 g/mol. The number of esters is 1. The fourth-order valence-corrected chi connectivity index (χ4v) is 7.54. The average molecular weight is 634 g/mol. The predicted molar refractivity (Wildman–Crippen MR) is 166 cm³/mol. The monoisotopic (exact) mass is 633 g/mol. The van der Waals surface area contributed by atoms with E-state index in [1.165, 1.54) is 9.80 Å². The molecule has 0 bridgehead atoms. The first-order chi connectivity index (χ1) is 21.7. The second kappa shape index (κ2) is 12.4. The summed E-state index contributed by atoms with van der Waals surface area (Å²) in [5, 5.41) is 13.3. The third-order valence-corrected chi connectivity index (χ3v) is 9.45. The minimum absolute atomic E-state index is 0.127. The molecule has 2 saturated heterocycles. The van der Waals surface area contributed by atoms with Crippen molar-refractivity contribution >= 4 is 41.0 Å². The second-order valence-corrected chi connectivity index (χ2v) is 12.4. The molecule has 4 aliphatic heterocycles. The number of aliphatic hydroxyl groups excluding tert-OH is 1. The SMILES string of the molecule is Cc1cccc(Cl)c1N1CC=C[C@@]23O[C@H]4/C=C\CCC(=O)N[C@@H](C)[C@H](c5ccccc5)OC(=O)[C@H]4[C@@H]2C(=O)N(CCO)[C@H]3C1=O. The zero-order valence-corrected chi connectivity index (χ0v) is 25.9. The summed E-state index contributed by atoms with van der Waals surface area (Å²) in [6, 6.07) is 12.7. The number of aryl methyl sites for hydroxylation is 1. The molecule has 6 rings (SSSR count). The number of amides is 3. The summed E-state index contributed by atoms with van der Waals surface area (Å²) >= 11 is 6.59. The Labute approximate surface area is 266 Å². The molecule has 4 aliphatic rings. The Balaban J connectivity index is 1.45. The number of anilines is 1. The van der Waals surface area contributed by atoms with Gasteiger partial charge < -0.3 is 29.7 Å². The number of fused-ring (bicyclic) bond motifs is 2. The molecule has 0 saturated carbocycles. The molecule has 11 heteroatoms. The summed E-state index contributed by atoms with van der Waals surface area (Å²) in [6.45, 7) is 3.27. The maximum Gasteiger partial charge on any atom is 0.313 e. The lowest BCUT2D eigenvalue weighted by atomic mass is 9.77. The number of allylic oxidation sites excluding steroid dienone is 1. The first-order valence-corrected chi connectivity index (χ1v) is 15.6. The van der Waals surface area contributed by atoms with Gasteiger partial charge in [-0.25, -0.2) is 0 Å². The third-order valence-electron chi connectivity index (χ3n) is 9.14. The first-order valence-electron chi connectivity index (χ1n) is 15.2. The van der Waals surface area contributed by atoms with Crippen molar-refractivity contribution in [1.29, 1.82) is 0 Å². The van der Waals surface area contributed by atoms with E-state index < -0.39 is 59.5 Å². The van der Waals surface area contributed by atoms with E-state index in [1.807, 2.05) is 43.3 Å². The number of cyclic esters (lactones) is 1. The van der Waals surface area contributed by atoms with Gasteiger partial charge in [0.2, 0.25) is 11.8 Å². The number of carbonyl (C=O) groups is 4. The maximum absolute atomic E-state index is 14.5. The molecule has 0 aromatic heterocycles. The third kappa shape index (κ3) is 5.34. The van der Waals surface area contributed by atoms with Crippen LogP contribution < -0.4 is 10.2 Å². The summed E-state index contributed by atoms with van der Waals surface area (Å²) < 4.78 is 12.9. The van der Waals surface area contributed by atoms with Crippen LogP contribution in [0.5, 0.6) is 0 Å². The van der Waals surface area contributed by atoms with Crippen molar-refractivity contribution in [2.75, 3.05) is 24.6 Å². The number of ether oxygens (including phenoxy) is 2. The minimum Gasteiger partial charge on any atom is -0.455 e. The van der Waals surface area contributed by atoms with Crippen LogP contribution in [0.2, 0.25) is 5.02 Å². The van der Waals surface area contributed by atoms with Gasteiger partial charge in [0.05, 0.1) is 35.4 Å². The number of β-amino-alcohol motifs (C(OH)–C–C–N with tert-alkyl or cyclic N) is 1. The van der Waals surface area contributed by atoms with Crippen LogP contribution in [0.1, 0.15) is 37.0 Å². The topological polar surface area (TPSA) is 125 Å². The number of nitrogens with one attached hydrogen (secondary N) is 1. The van der Waals surface area contributed by atoms with E-state index >= 15 is 0 Å². The van der Waals surface area contributed by atoms with E-state index in [0.29, 0.717) is 22.7 Å². The van der Waals surface area contributed by atoms with Crippen LogP contribution in [0.15, 0.2) is 72.8 Å². The van der Waals surface area contributed by atoms with Crippen LogP contribution in [0.25, 0.3) is 0 Å². The maximum atomic E-state index is 14.5. The van der Waals surface area contributed by atoms with Crippen LogP contribution in [-0.2, 0) is 28.7 Å². The number of hydrogen-bond acceptors (Lipinski definition) is 7. The van der Waals surface area contributed by atoms with E-state index in [-0.39, 0.29) is 32.0 Å². The Morgan fingerprint density at radius 1 is 1.04 bits per heavy atom. The molecule has 2 fully saturated rings. The number of halogens is 1. The normalized spacial score (nSPS) is 32.4. The molecule has 2 aromatic rings. The van der Waals surface area contributed by atoms with Crippen molar-refractivity contribution in [2.45, 2.75) is 56.6 Å². The lowest BCUT2D eigenvalue weighted by Crippen LogP contribution is -2.56. The summed E-state index contributed by atoms with van der Waals surface area (Å²) in [6.07, 6.45) is 5.78. The zero-order valence-electron chi connectivity index (χ0n) is 25.1. The molecular formula is C34H36ClN3O7. The molecule has 10 nitrogen and oxygen atoms in total. The molecule has 2 N–H and O–H groups in total. The zero-order chi connectivity index (χ0) is 31.9. The number of rotatable bonds is 4. The van der Waals surface area contributed by atoms with Crippen molar-refractivity contribution in [3.63, 3.8) is 0 Å². The van der Waals surface area contributed by atoms with E-state index in [9.17, 15) is 24.3 Å². The van der Waals surface area contributed by atoms with Gasteiger partial charge in [0.15, 0.2) is 0 Å². The molecule has 236 valence electrons. The van der Waals surface area contributed by atoms with Gasteiger partial charge in [-0.05, 0) is 37.5 Å². The van der Waals surface area contributed by atoms with Crippen molar-refractivity contribution in [2.24, 2.45) is 11.8 Å². The van der Waals surface area contributed by atoms with Crippen LogP contribution in [0.4, 0.5) is 5.69 Å². The average Bonchev–Trinajstić information content (AvgIpc) is 3.39. The van der Waals surface area contributed by atoms with E-state index in [4.69, 9.17) is 21.1 Å². The number of hydrogen-bond donors (Lipinski definition) is 2. The number of benzene rings is 2. The molecule has 45 heavy (non-hydrogen) atoms. The Morgan fingerprint density at radius 3 is 2.56 bits per heavy atom. The molecule has 3 amide bonds. The summed E-state index contributed by atoms with van der Waals surface area (Å²) in [4.78, 5) is 58.7. The molecule has 4 heterocycles. The van der Waals surface area contributed by atoms with Crippen LogP contribution in [0.3, 0.4) is 0 Å². The summed E-state index contributed by atoms with van der Waals surface area (Å²) in [7, 11) is 0. The number of para-hydroxylation sites is 1. The molecule has 0 unspecified atom stereocenters. The summed E-state index contributed by atoms with van der Waals surface area (Å²) in [5.41, 5.74) is 0.461. The Kier molecular flexibility index (Phi) is 8.56. The van der Waals surface area contributed by atoms with Gasteiger partial charge in [0.25, 0.3) is 5.91 Å². The fourth-order valence-electron chi connectivity index (χ4n) is 7.22. The van der Waals surface area contributed by atoms with Gasteiger partial charge in [0.1, 0.15) is 23.7 Å². The van der Waals surface area contributed by atoms with Crippen molar-refractivity contribution in [1.82, 2.24) is 10.2 Å². The highest BCUT2D eigenvalue weighted by Crippen LogP contribution is 2.53. The van der Waals surface area contributed by atoms with Gasteiger partial charge >= 0.3 is 5.97 Å². The first kappa shape index (κ1) is 31.0. The van der Waals surface area contributed by atoms with Crippen molar-refractivity contribution < 1.29 is 33.8 Å².